The minimum atomic E-state index is -1.39. The van der Waals surface area contributed by atoms with Crippen molar-refractivity contribution in [1.29, 1.82) is 0 Å². The molecule has 8 bridgehead atoms. The second-order valence-electron chi connectivity index (χ2n) is 20.8. The first-order chi connectivity index (χ1) is 19.1. The van der Waals surface area contributed by atoms with Gasteiger partial charge in [0.05, 0.1) is 8.07 Å². The molecule has 0 spiro atoms. The fraction of sp³-hybridized carbons (Fsp3) is 0.865. The molecule has 248 valence electrons. The normalized spacial score (nSPS) is 37.9. The Hall–Kier alpha value is 0.480. The summed E-state index contributed by atoms with van der Waals surface area (Å²) in [5.74, 6) is 6.16. The van der Waals surface area contributed by atoms with Gasteiger partial charge in [0.2, 0.25) is 0 Å². The minimum Gasteiger partial charge on any atom is -0.691 e. The zero-order valence-corrected chi connectivity index (χ0v) is 36.7. The molecule has 0 aromatic carbocycles. The molecule has 8 fully saturated rings. The Bertz CT molecular complexity index is 899. The summed E-state index contributed by atoms with van der Waals surface area (Å²) in [6.07, 6.45) is 18.0. The first-order valence-corrected chi connectivity index (χ1v) is 32.1. The van der Waals surface area contributed by atoms with E-state index in [4.69, 9.17) is 9.64 Å². The van der Waals surface area contributed by atoms with E-state index in [2.05, 4.69) is 90.3 Å². The average Bonchev–Trinajstić information content (AvgIpc) is 2.73. The van der Waals surface area contributed by atoms with Gasteiger partial charge in [0.25, 0.3) is 0 Å². The Morgan fingerprint density at radius 1 is 0.614 bits per heavy atom. The van der Waals surface area contributed by atoms with Gasteiger partial charge in [0, 0.05) is 0 Å². The van der Waals surface area contributed by atoms with Crippen molar-refractivity contribution < 1.29 is 0 Å². The van der Waals surface area contributed by atoms with Crippen molar-refractivity contribution in [3.8, 4) is 0 Å². The predicted octanol–water partition coefficient (Wildman–Crippen LogP) is 11.8. The van der Waals surface area contributed by atoms with E-state index in [1.807, 2.05) is 0 Å². The molecule has 8 aliphatic carbocycles. The van der Waals surface area contributed by atoms with Crippen LogP contribution in [0.25, 0.3) is 4.98 Å². The van der Waals surface area contributed by atoms with Crippen LogP contribution in [0, 0.1) is 59.8 Å². The Morgan fingerprint density at radius 3 is 1.23 bits per heavy atom. The largest absolute Gasteiger partial charge is 3.00 e. The molecule has 8 saturated carbocycles. The smallest absolute Gasteiger partial charge is 0.691 e. The van der Waals surface area contributed by atoms with Crippen LogP contribution < -0.4 is 0 Å². The number of hydrogen-bond donors (Lipinski definition) is 0. The van der Waals surface area contributed by atoms with E-state index in [0.29, 0.717) is 10.8 Å². The zero-order valence-electron chi connectivity index (χ0n) is 31.6. The molecule has 0 saturated heterocycles. The summed E-state index contributed by atoms with van der Waals surface area (Å²) in [6, 6.07) is 2.68. The summed E-state index contributed by atoms with van der Waals surface area (Å²) in [5, 5.41) is 0. The van der Waals surface area contributed by atoms with Crippen LogP contribution in [0.3, 0.4) is 0 Å². The van der Waals surface area contributed by atoms with Crippen LogP contribution >= 0.6 is 0 Å². The molecule has 0 heterocycles. The van der Waals surface area contributed by atoms with E-state index in [0.717, 1.165) is 35.5 Å². The Balaban J connectivity index is 0.000000230. The molecule has 0 aromatic rings. The summed E-state index contributed by atoms with van der Waals surface area (Å²) in [7, 11) is -5.20. The fourth-order valence-corrected chi connectivity index (χ4v) is 15.7. The third kappa shape index (κ3) is 9.77. The first-order valence-electron chi connectivity index (χ1n) is 18.0. The van der Waals surface area contributed by atoms with Crippen molar-refractivity contribution in [2.45, 2.75) is 156 Å². The van der Waals surface area contributed by atoms with Gasteiger partial charge in [0.1, 0.15) is 0 Å². The van der Waals surface area contributed by atoms with Gasteiger partial charge in [-0.2, -0.15) is 5.70 Å². The van der Waals surface area contributed by atoms with Crippen molar-refractivity contribution in [1.82, 2.24) is 0 Å². The number of nitrogens with zero attached hydrogens (tertiary/aromatic N) is 2. The van der Waals surface area contributed by atoms with Crippen molar-refractivity contribution in [2.75, 3.05) is 0 Å². The molecule has 0 N–H and O–H groups in total. The maximum absolute atomic E-state index is 5.42. The monoisotopic (exact) mass is 682 g/mol. The van der Waals surface area contributed by atoms with Crippen LogP contribution in [0.4, 0.5) is 0 Å². The van der Waals surface area contributed by atoms with Crippen LogP contribution in [0.1, 0.15) is 77.0 Å². The van der Waals surface area contributed by atoms with E-state index in [-0.39, 0.29) is 24.8 Å². The summed E-state index contributed by atoms with van der Waals surface area (Å²) >= 11 is 0. The van der Waals surface area contributed by atoms with Crippen LogP contribution in [0.5, 0.6) is 0 Å². The third-order valence-corrected chi connectivity index (χ3v) is 15.3. The van der Waals surface area contributed by atoms with E-state index in [9.17, 15) is 0 Å². The summed E-state index contributed by atoms with van der Waals surface area (Å²) in [4.78, 5) is 5.42. The molecule has 7 heteroatoms. The second kappa shape index (κ2) is 13.4. The molecule has 8 rings (SSSR count). The zero-order chi connectivity index (χ0) is 30.9. The predicted molar refractivity (Wildman–Crippen MR) is 210 cm³/mol. The Kier molecular flexibility index (Phi) is 11.9. The van der Waals surface area contributed by atoms with Crippen molar-refractivity contribution in [2.24, 2.45) is 51.0 Å². The van der Waals surface area contributed by atoms with Gasteiger partial charge in [-0.1, -0.05) is 86.6 Å². The van der Waals surface area contributed by atoms with E-state index in [1.54, 1.807) is 11.4 Å². The van der Waals surface area contributed by atoms with Gasteiger partial charge in [-0.3, -0.25) is 0 Å². The van der Waals surface area contributed by atoms with E-state index < -0.39 is 32.6 Å². The van der Waals surface area contributed by atoms with Gasteiger partial charge in [-0.25, -0.2) is 0 Å². The molecular weight excluding hydrogens is 612 g/mol. The van der Waals surface area contributed by atoms with Crippen molar-refractivity contribution >= 4 is 55.7 Å². The van der Waals surface area contributed by atoms with Crippen LogP contribution in [0.2, 0.25) is 78.6 Å². The van der Waals surface area contributed by atoms with Gasteiger partial charge in [-0.05, 0) is 132 Å². The molecule has 0 aliphatic heterocycles. The summed E-state index contributed by atoms with van der Waals surface area (Å²) in [6.45, 7) is 29.3. The molecule has 0 atom stereocenters. The minimum absolute atomic E-state index is 0. The molecule has 44 heavy (non-hydrogen) atoms. The molecule has 0 amide bonds. The van der Waals surface area contributed by atoms with Crippen molar-refractivity contribution in [3.05, 3.63) is 29.8 Å². The second-order valence-corrected chi connectivity index (χ2v) is 39.9. The van der Waals surface area contributed by atoms with Crippen LogP contribution in [-0.4, -0.2) is 55.7 Å². The SMILES string of the molecule is C[Si](C)(C)/C=C(/[N-][Si](C)(C)C)C12CC3CC(CC(C3)C1)C2.C[Si](C)(C)[CH-]/C(=N/[Si](C)(C)C)C12CC3CC(CC(C3)C1)C2.[Al+3].[CH3-]. The molecular formula is C37H71AlN2Si4. The molecule has 8 aliphatic rings. The van der Waals surface area contributed by atoms with Gasteiger partial charge < -0.3 is 23.1 Å². The van der Waals surface area contributed by atoms with Gasteiger partial charge in [-0.15, -0.1) is 11.4 Å². The number of rotatable bonds is 8. The maximum atomic E-state index is 5.42. The fourth-order valence-electron chi connectivity index (χ4n) is 11.0. The Morgan fingerprint density at radius 2 is 0.955 bits per heavy atom. The maximum Gasteiger partial charge on any atom is 3.00 e. The van der Waals surface area contributed by atoms with Crippen LogP contribution in [0.15, 0.2) is 16.1 Å². The molecule has 2 nitrogen and oxygen atoms in total. The average molecular weight is 683 g/mol. The van der Waals surface area contributed by atoms with Crippen LogP contribution in [-0.2, 0) is 0 Å². The number of allylic oxidation sites excluding steroid dienone is 1. The summed E-state index contributed by atoms with van der Waals surface area (Å²) < 4.78 is 5.42. The molecule has 0 unspecified atom stereocenters. The van der Waals surface area contributed by atoms with E-state index >= 15 is 0 Å². The first kappa shape index (κ1) is 38.9. The Labute approximate surface area is 290 Å². The molecule has 0 aromatic heterocycles. The van der Waals surface area contributed by atoms with E-state index in [1.165, 1.54) is 77.0 Å². The van der Waals surface area contributed by atoms with Gasteiger partial charge in [0.15, 0.2) is 8.24 Å². The molecule has 0 radical (unpaired) electrons. The topological polar surface area (TPSA) is 26.5 Å². The quantitative estimate of drug-likeness (QED) is 0.138. The third-order valence-electron chi connectivity index (χ3n) is 11.2. The van der Waals surface area contributed by atoms with Gasteiger partial charge >= 0.3 is 17.4 Å². The summed E-state index contributed by atoms with van der Waals surface area (Å²) in [5.41, 5.74) is 6.84. The van der Waals surface area contributed by atoms with Crippen molar-refractivity contribution in [3.63, 3.8) is 0 Å². The number of hydrogen-bond acceptors (Lipinski definition) is 1. The standard InChI is InChI=1S/2C18H34NSi2.CH3.Al/c2*1-20(2,3)13-17(19-21(4,5)6)18-10-14-7-15(11-18)9-16(8-14)12-18;;/h2*13-16H,7-12H2,1-6H3;1H3;/q3*-1;+3/b19-17-;17-13+;;.